The van der Waals surface area contributed by atoms with E-state index in [-0.39, 0.29) is 5.82 Å². The van der Waals surface area contributed by atoms with Gasteiger partial charge in [-0.3, -0.25) is 0 Å². The summed E-state index contributed by atoms with van der Waals surface area (Å²) >= 11 is 0. The van der Waals surface area contributed by atoms with Crippen LogP contribution < -0.4 is 0 Å². The lowest BCUT2D eigenvalue weighted by atomic mass is 10.1. The fourth-order valence-corrected chi connectivity index (χ4v) is 1.24. The van der Waals surface area contributed by atoms with Gasteiger partial charge in [-0.25, -0.2) is 4.39 Å². The maximum absolute atomic E-state index is 12.6. The minimum absolute atomic E-state index is 0.204. The molecule has 0 saturated heterocycles. The zero-order valence-electron chi connectivity index (χ0n) is 9.37. The van der Waals surface area contributed by atoms with Crippen LogP contribution in [0, 0.1) is 18.2 Å². The van der Waals surface area contributed by atoms with E-state index in [4.69, 9.17) is 4.74 Å². The summed E-state index contributed by atoms with van der Waals surface area (Å²) in [7, 11) is 0. The number of rotatable bonds is 6. The Kier molecular flexibility index (Phi) is 5.33. The van der Waals surface area contributed by atoms with Crippen LogP contribution in [0.3, 0.4) is 0 Å². The molecule has 83 valence electrons. The summed E-state index contributed by atoms with van der Waals surface area (Å²) in [5.74, 6) is 0.476. The van der Waals surface area contributed by atoms with Gasteiger partial charge in [-0.2, -0.15) is 0 Å². The van der Waals surface area contributed by atoms with Crippen molar-refractivity contribution in [1.82, 2.24) is 0 Å². The lowest BCUT2D eigenvalue weighted by molar-refractivity contribution is 0.137. The van der Waals surface area contributed by atoms with Gasteiger partial charge in [0.25, 0.3) is 0 Å². The van der Waals surface area contributed by atoms with E-state index in [1.807, 2.05) is 0 Å². The lowest BCUT2D eigenvalue weighted by Crippen LogP contribution is -1.98. The molecule has 0 amide bonds. The molecule has 0 N–H and O–H groups in total. The Bertz CT molecular complexity index is 266. The number of hydrogen-bond donors (Lipinski definition) is 0. The zero-order chi connectivity index (χ0) is 11.1. The topological polar surface area (TPSA) is 9.23 Å². The molecule has 0 aliphatic heterocycles. The number of halogens is 1. The molecule has 0 unspecified atom stereocenters. The Morgan fingerprint density at radius 3 is 2.53 bits per heavy atom. The van der Waals surface area contributed by atoms with Gasteiger partial charge in [0, 0.05) is 0 Å². The van der Waals surface area contributed by atoms with Crippen molar-refractivity contribution in [2.45, 2.75) is 26.9 Å². The third-order valence-electron chi connectivity index (χ3n) is 2.06. The minimum atomic E-state index is -0.204. The van der Waals surface area contributed by atoms with Crippen molar-refractivity contribution in [3.63, 3.8) is 0 Å². The monoisotopic (exact) mass is 209 g/mol. The molecule has 15 heavy (non-hydrogen) atoms. The summed E-state index contributed by atoms with van der Waals surface area (Å²) in [5.41, 5.74) is 1.01. The number of hydrogen-bond acceptors (Lipinski definition) is 1. The first-order chi connectivity index (χ1) is 7.18. The Labute approximate surface area is 91.3 Å². The molecule has 1 radical (unpaired) electrons. The molecule has 0 atom stereocenters. The average Bonchev–Trinajstić information content (AvgIpc) is 2.20. The van der Waals surface area contributed by atoms with E-state index in [9.17, 15) is 4.39 Å². The summed E-state index contributed by atoms with van der Waals surface area (Å²) in [6.45, 7) is 5.57. The van der Waals surface area contributed by atoms with Crippen LogP contribution >= 0.6 is 0 Å². The van der Waals surface area contributed by atoms with Gasteiger partial charge in [0.05, 0.1) is 13.2 Å². The van der Waals surface area contributed by atoms with Crippen LogP contribution in [-0.4, -0.2) is 6.61 Å². The Hall–Kier alpha value is -0.890. The summed E-state index contributed by atoms with van der Waals surface area (Å²) in [4.78, 5) is 0. The van der Waals surface area contributed by atoms with E-state index in [2.05, 4.69) is 20.3 Å². The fourth-order valence-electron chi connectivity index (χ4n) is 1.24. The van der Waals surface area contributed by atoms with E-state index in [1.165, 1.54) is 12.1 Å². The average molecular weight is 209 g/mol. The molecule has 1 nitrogen and oxygen atoms in total. The Morgan fingerprint density at radius 1 is 1.27 bits per heavy atom. The van der Waals surface area contributed by atoms with Crippen LogP contribution in [0.4, 0.5) is 4.39 Å². The third-order valence-corrected chi connectivity index (χ3v) is 2.06. The van der Waals surface area contributed by atoms with Crippen molar-refractivity contribution >= 4 is 0 Å². The van der Waals surface area contributed by atoms with Crippen molar-refractivity contribution in [2.75, 3.05) is 6.61 Å². The Morgan fingerprint density at radius 2 is 1.93 bits per heavy atom. The van der Waals surface area contributed by atoms with E-state index in [1.54, 1.807) is 12.1 Å². The molecule has 1 aromatic carbocycles. The second-order valence-electron chi connectivity index (χ2n) is 4.06. The van der Waals surface area contributed by atoms with Gasteiger partial charge in [0.2, 0.25) is 0 Å². The largest absolute Gasteiger partial charge is 0.376 e. The predicted octanol–water partition coefficient (Wildman–Crippen LogP) is 3.59. The highest BCUT2D eigenvalue weighted by Crippen LogP contribution is 2.06. The predicted molar refractivity (Wildman–Crippen MR) is 59.8 cm³/mol. The fraction of sp³-hybridized carbons (Fsp3) is 0.462. The van der Waals surface area contributed by atoms with E-state index in [0.29, 0.717) is 19.1 Å². The van der Waals surface area contributed by atoms with Crippen molar-refractivity contribution in [3.8, 4) is 0 Å². The molecule has 2 heteroatoms. The van der Waals surface area contributed by atoms with E-state index < -0.39 is 0 Å². The highest BCUT2D eigenvalue weighted by molar-refractivity contribution is 5.14. The summed E-state index contributed by atoms with van der Waals surface area (Å²) < 4.78 is 18.0. The molecule has 0 spiro atoms. The molecule has 0 aliphatic rings. The SMILES string of the molecule is CC(C)C[CH]COCc1ccc(F)cc1. The zero-order valence-corrected chi connectivity index (χ0v) is 9.37. The first-order valence-corrected chi connectivity index (χ1v) is 5.32. The maximum atomic E-state index is 12.6. The molecule has 1 aromatic rings. The van der Waals surface area contributed by atoms with Gasteiger partial charge in [-0.05, 0) is 36.5 Å². The van der Waals surface area contributed by atoms with Crippen LogP contribution in [0.15, 0.2) is 24.3 Å². The molecule has 0 aliphatic carbocycles. The molecule has 0 bridgehead atoms. The molecular formula is C13H18FO. The van der Waals surface area contributed by atoms with Gasteiger partial charge in [-0.15, -0.1) is 0 Å². The summed E-state index contributed by atoms with van der Waals surface area (Å²) in [6.07, 6.45) is 3.21. The van der Waals surface area contributed by atoms with Crippen molar-refractivity contribution in [1.29, 1.82) is 0 Å². The van der Waals surface area contributed by atoms with Crippen molar-refractivity contribution in [3.05, 3.63) is 42.1 Å². The standard InChI is InChI=1S/C13H18FO/c1-11(2)4-3-9-15-10-12-5-7-13(14)8-6-12/h3,5-8,11H,4,9-10H2,1-2H3. The second kappa shape index (κ2) is 6.57. The molecule has 0 fully saturated rings. The normalized spacial score (nSPS) is 10.9. The second-order valence-corrected chi connectivity index (χ2v) is 4.06. The van der Waals surface area contributed by atoms with Crippen LogP contribution in [0.2, 0.25) is 0 Å². The van der Waals surface area contributed by atoms with Gasteiger partial charge in [0.15, 0.2) is 0 Å². The first-order valence-electron chi connectivity index (χ1n) is 5.32. The van der Waals surface area contributed by atoms with Crippen LogP contribution in [-0.2, 0) is 11.3 Å². The van der Waals surface area contributed by atoms with Crippen LogP contribution in [0.5, 0.6) is 0 Å². The molecule has 1 rings (SSSR count). The van der Waals surface area contributed by atoms with Gasteiger partial charge in [0.1, 0.15) is 5.82 Å². The van der Waals surface area contributed by atoms with Gasteiger partial charge < -0.3 is 4.74 Å². The van der Waals surface area contributed by atoms with E-state index >= 15 is 0 Å². The summed E-state index contributed by atoms with van der Waals surface area (Å²) in [5, 5.41) is 0. The number of ether oxygens (including phenoxy) is 1. The number of benzene rings is 1. The molecular weight excluding hydrogens is 191 g/mol. The molecule has 0 aromatic heterocycles. The highest BCUT2D eigenvalue weighted by Gasteiger charge is 1.96. The minimum Gasteiger partial charge on any atom is -0.376 e. The first kappa shape index (κ1) is 12.2. The van der Waals surface area contributed by atoms with Gasteiger partial charge in [-0.1, -0.05) is 26.0 Å². The van der Waals surface area contributed by atoms with Crippen LogP contribution in [0.1, 0.15) is 25.8 Å². The molecule has 0 heterocycles. The van der Waals surface area contributed by atoms with E-state index in [0.717, 1.165) is 12.0 Å². The maximum Gasteiger partial charge on any atom is 0.123 e. The Balaban J connectivity index is 2.12. The molecule has 0 saturated carbocycles. The summed E-state index contributed by atoms with van der Waals surface area (Å²) in [6, 6.07) is 6.41. The third kappa shape index (κ3) is 5.53. The van der Waals surface area contributed by atoms with Gasteiger partial charge >= 0.3 is 0 Å². The van der Waals surface area contributed by atoms with Crippen LogP contribution in [0.25, 0.3) is 0 Å². The van der Waals surface area contributed by atoms with Crippen molar-refractivity contribution < 1.29 is 9.13 Å². The quantitative estimate of drug-likeness (QED) is 0.650. The smallest absolute Gasteiger partial charge is 0.123 e. The highest BCUT2D eigenvalue weighted by atomic mass is 19.1. The lowest BCUT2D eigenvalue weighted by Gasteiger charge is -2.05. The van der Waals surface area contributed by atoms with Crippen molar-refractivity contribution in [2.24, 2.45) is 5.92 Å².